The third kappa shape index (κ3) is 3.70. The van der Waals surface area contributed by atoms with Crippen molar-refractivity contribution in [3.05, 3.63) is 70.2 Å². The van der Waals surface area contributed by atoms with Gasteiger partial charge in [0.25, 0.3) is 11.1 Å². The lowest BCUT2D eigenvalue weighted by atomic mass is 10.1. The fourth-order valence-corrected chi connectivity index (χ4v) is 2.65. The Morgan fingerprint density at radius 2 is 2.00 bits per heavy atom. The maximum Gasteiger partial charge on any atom is 0.278 e. The van der Waals surface area contributed by atoms with E-state index >= 15 is 0 Å². The zero-order chi connectivity index (χ0) is 16.2. The van der Waals surface area contributed by atoms with Gasteiger partial charge in [-0.1, -0.05) is 29.0 Å². The van der Waals surface area contributed by atoms with E-state index in [2.05, 4.69) is 10.3 Å². The summed E-state index contributed by atoms with van der Waals surface area (Å²) < 4.78 is 5.56. The molecular formula is C17H13ClN2O2S. The summed E-state index contributed by atoms with van der Waals surface area (Å²) in [6.07, 6.45) is 1.68. The Balaban J connectivity index is 1.71. The molecule has 116 valence electrons. The first-order valence-electron chi connectivity index (χ1n) is 6.87. The van der Waals surface area contributed by atoms with Crippen LogP contribution in [0.25, 0.3) is 0 Å². The maximum absolute atomic E-state index is 12.3. The van der Waals surface area contributed by atoms with E-state index < -0.39 is 0 Å². The summed E-state index contributed by atoms with van der Waals surface area (Å²) in [6, 6.07) is 12.3. The molecular weight excluding hydrogens is 332 g/mol. The highest BCUT2D eigenvalue weighted by Crippen LogP contribution is 2.25. The molecule has 1 aromatic heterocycles. The van der Waals surface area contributed by atoms with Crippen LogP contribution in [0.15, 0.2) is 54.0 Å². The van der Waals surface area contributed by atoms with E-state index in [1.807, 2.05) is 18.4 Å². The molecule has 0 saturated heterocycles. The van der Waals surface area contributed by atoms with Crippen LogP contribution in [0, 0.1) is 6.92 Å². The Morgan fingerprint density at radius 3 is 2.70 bits per heavy atom. The molecule has 1 amide bonds. The maximum atomic E-state index is 12.3. The molecule has 4 nitrogen and oxygen atoms in total. The topological polar surface area (TPSA) is 51.2 Å². The highest BCUT2D eigenvalue weighted by Gasteiger charge is 2.09. The Labute approximate surface area is 142 Å². The van der Waals surface area contributed by atoms with Crippen molar-refractivity contribution < 1.29 is 9.53 Å². The molecule has 0 aliphatic carbocycles. The van der Waals surface area contributed by atoms with Crippen LogP contribution in [0.2, 0.25) is 5.02 Å². The van der Waals surface area contributed by atoms with Gasteiger partial charge in [0.15, 0.2) is 0 Å². The van der Waals surface area contributed by atoms with Crippen LogP contribution in [0.5, 0.6) is 10.9 Å². The molecule has 1 heterocycles. The van der Waals surface area contributed by atoms with Gasteiger partial charge in [0.2, 0.25) is 0 Å². The number of nitrogens with zero attached hydrogens (tertiary/aromatic N) is 1. The monoisotopic (exact) mass is 344 g/mol. The molecule has 1 N–H and O–H groups in total. The minimum atomic E-state index is -0.198. The molecule has 23 heavy (non-hydrogen) atoms. The smallest absolute Gasteiger partial charge is 0.278 e. The average molecular weight is 345 g/mol. The number of ether oxygens (including phenoxy) is 1. The summed E-state index contributed by atoms with van der Waals surface area (Å²) in [5, 5.41) is 5.88. The number of amides is 1. The van der Waals surface area contributed by atoms with Crippen LogP contribution in [-0.2, 0) is 0 Å². The predicted molar refractivity (Wildman–Crippen MR) is 92.8 cm³/mol. The van der Waals surface area contributed by atoms with Gasteiger partial charge in [-0.05, 0) is 48.9 Å². The Bertz CT molecular complexity index is 817. The first-order chi connectivity index (χ1) is 11.1. The van der Waals surface area contributed by atoms with Crippen molar-refractivity contribution in [1.29, 1.82) is 0 Å². The number of benzene rings is 2. The summed E-state index contributed by atoms with van der Waals surface area (Å²) in [5.41, 5.74) is 2.08. The lowest BCUT2D eigenvalue weighted by Crippen LogP contribution is -2.12. The molecule has 0 saturated carbocycles. The summed E-state index contributed by atoms with van der Waals surface area (Å²) in [7, 11) is 0. The molecule has 0 aliphatic rings. The van der Waals surface area contributed by atoms with Crippen molar-refractivity contribution in [1.82, 2.24) is 4.98 Å². The number of anilines is 1. The lowest BCUT2D eigenvalue weighted by molar-refractivity contribution is 0.102. The van der Waals surface area contributed by atoms with Crippen molar-refractivity contribution in [3.8, 4) is 10.9 Å². The zero-order valence-corrected chi connectivity index (χ0v) is 13.8. The van der Waals surface area contributed by atoms with Gasteiger partial charge in [-0.25, -0.2) is 4.98 Å². The zero-order valence-electron chi connectivity index (χ0n) is 12.2. The Kier molecular flexibility index (Phi) is 4.60. The molecule has 0 radical (unpaired) electrons. The molecule has 3 aromatic rings. The molecule has 0 fully saturated rings. The molecule has 0 unspecified atom stereocenters. The van der Waals surface area contributed by atoms with E-state index in [-0.39, 0.29) is 5.91 Å². The second-order valence-corrected chi connectivity index (χ2v) is 6.06. The van der Waals surface area contributed by atoms with Crippen molar-refractivity contribution in [2.75, 3.05) is 5.32 Å². The molecule has 3 rings (SSSR count). The van der Waals surface area contributed by atoms with Gasteiger partial charge < -0.3 is 10.1 Å². The number of thiazole rings is 1. The van der Waals surface area contributed by atoms with E-state index in [1.165, 1.54) is 11.3 Å². The third-order valence-electron chi connectivity index (χ3n) is 3.25. The van der Waals surface area contributed by atoms with Crippen LogP contribution in [0.4, 0.5) is 5.69 Å². The first-order valence-corrected chi connectivity index (χ1v) is 8.13. The van der Waals surface area contributed by atoms with Gasteiger partial charge >= 0.3 is 0 Å². The highest BCUT2D eigenvalue weighted by molar-refractivity contribution is 7.11. The standard InChI is InChI=1S/C17H13ClN2O2S/c1-11-14(18)3-2-4-15(11)20-16(21)12-5-7-13(8-6-12)22-17-19-9-10-23-17/h2-10H,1H3,(H,20,21). The minimum absolute atomic E-state index is 0.198. The largest absolute Gasteiger partial charge is 0.431 e. The Morgan fingerprint density at radius 1 is 1.22 bits per heavy atom. The van der Waals surface area contributed by atoms with Crippen LogP contribution >= 0.6 is 22.9 Å². The normalized spacial score (nSPS) is 10.3. The van der Waals surface area contributed by atoms with E-state index in [0.29, 0.717) is 27.2 Å². The van der Waals surface area contributed by atoms with Crippen molar-refractivity contribution in [2.45, 2.75) is 6.92 Å². The minimum Gasteiger partial charge on any atom is -0.431 e. The van der Waals surface area contributed by atoms with E-state index in [1.54, 1.807) is 42.6 Å². The number of carbonyl (C=O) groups excluding carboxylic acids is 1. The van der Waals surface area contributed by atoms with E-state index in [4.69, 9.17) is 16.3 Å². The van der Waals surface area contributed by atoms with E-state index in [0.717, 1.165) is 5.56 Å². The third-order valence-corrected chi connectivity index (χ3v) is 4.30. The molecule has 0 atom stereocenters. The van der Waals surface area contributed by atoms with Gasteiger partial charge in [-0.2, -0.15) is 0 Å². The first kappa shape index (κ1) is 15.5. The lowest BCUT2D eigenvalue weighted by Gasteiger charge is -2.10. The van der Waals surface area contributed by atoms with E-state index in [9.17, 15) is 4.79 Å². The summed E-state index contributed by atoms with van der Waals surface area (Å²) in [5.74, 6) is 0.437. The van der Waals surface area contributed by atoms with Crippen LogP contribution < -0.4 is 10.1 Å². The van der Waals surface area contributed by atoms with Crippen LogP contribution in [0.3, 0.4) is 0 Å². The molecule has 2 aromatic carbocycles. The number of hydrogen-bond donors (Lipinski definition) is 1. The molecule has 0 spiro atoms. The number of rotatable bonds is 4. The fraction of sp³-hybridized carbons (Fsp3) is 0.0588. The quantitative estimate of drug-likeness (QED) is 0.712. The number of hydrogen-bond acceptors (Lipinski definition) is 4. The fourth-order valence-electron chi connectivity index (χ4n) is 1.97. The van der Waals surface area contributed by atoms with Crippen molar-refractivity contribution >= 4 is 34.5 Å². The molecule has 0 aliphatic heterocycles. The number of nitrogens with one attached hydrogen (secondary N) is 1. The van der Waals surface area contributed by atoms with Gasteiger partial charge in [-0.15, -0.1) is 0 Å². The average Bonchev–Trinajstić information content (AvgIpc) is 3.05. The van der Waals surface area contributed by atoms with Crippen LogP contribution in [0.1, 0.15) is 15.9 Å². The summed E-state index contributed by atoms with van der Waals surface area (Å²) >= 11 is 7.47. The molecule has 0 bridgehead atoms. The van der Waals surface area contributed by atoms with Crippen molar-refractivity contribution in [2.24, 2.45) is 0 Å². The second kappa shape index (κ2) is 6.81. The number of carbonyl (C=O) groups is 1. The Hall–Kier alpha value is -2.37. The van der Waals surface area contributed by atoms with Crippen molar-refractivity contribution in [3.63, 3.8) is 0 Å². The van der Waals surface area contributed by atoms with Crippen LogP contribution in [-0.4, -0.2) is 10.9 Å². The summed E-state index contributed by atoms with van der Waals surface area (Å²) in [6.45, 7) is 1.86. The SMILES string of the molecule is Cc1c(Cl)cccc1NC(=O)c1ccc(Oc2nccs2)cc1. The van der Waals surface area contributed by atoms with Gasteiger partial charge in [-0.3, -0.25) is 4.79 Å². The highest BCUT2D eigenvalue weighted by atomic mass is 35.5. The van der Waals surface area contributed by atoms with Gasteiger partial charge in [0.05, 0.1) is 0 Å². The number of halogens is 1. The number of aromatic nitrogens is 1. The second-order valence-electron chi connectivity index (χ2n) is 4.79. The summed E-state index contributed by atoms with van der Waals surface area (Å²) in [4.78, 5) is 16.3. The van der Waals surface area contributed by atoms with Gasteiger partial charge in [0.1, 0.15) is 5.75 Å². The van der Waals surface area contributed by atoms with Gasteiger partial charge in [0, 0.05) is 27.9 Å². The molecule has 6 heteroatoms. The predicted octanol–water partition coefficient (Wildman–Crippen LogP) is 5.15.